The molecule has 0 radical (unpaired) electrons. The molecule has 0 aliphatic carbocycles. The van der Waals surface area contributed by atoms with E-state index in [0.29, 0.717) is 11.2 Å². The van der Waals surface area contributed by atoms with Gasteiger partial charge >= 0.3 is 6.72 Å². The molecule has 0 bridgehead atoms. The van der Waals surface area contributed by atoms with E-state index in [9.17, 15) is 19.9 Å². The summed E-state index contributed by atoms with van der Waals surface area (Å²) in [4.78, 5) is 41.3. The number of imidazole rings is 1. The molecule has 18 nitrogen and oxygen atoms in total. The molecule has 2 fully saturated rings. The number of hydrogen-bond acceptors (Lipinski definition) is 15. The summed E-state index contributed by atoms with van der Waals surface area (Å²) in [6, 6.07) is 0. The molecule has 0 amide bonds. The van der Waals surface area contributed by atoms with E-state index >= 15 is 4.39 Å². The lowest BCUT2D eigenvalue weighted by Crippen LogP contribution is -2.32. The van der Waals surface area contributed by atoms with Crippen LogP contribution in [0.15, 0.2) is 23.6 Å². The number of aliphatic hydroxyl groups is 2. The maximum atomic E-state index is 15.3. The number of aromatic amines is 1. The summed E-state index contributed by atoms with van der Waals surface area (Å²) in [5, 5.41) is 24.4. The van der Waals surface area contributed by atoms with Gasteiger partial charge in [0.2, 0.25) is 11.9 Å². The fraction of sp³-hybridized carbons (Fsp3) is 0.524. The highest BCUT2D eigenvalue weighted by Gasteiger charge is 2.49. The Balaban J connectivity index is 1.12. The molecule has 226 valence electrons. The number of nitrogens with two attached hydrogens (primary N) is 2. The highest BCUT2D eigenvalue weighted by Crippen LogP contribution is 2.50. The van der Waals surface area contributed by atoms with Gasteiger partial charge in [-0.3, -0.25) is 18.9 Å². The first kappa shape index (κ1) is 28.9. The minimum Gasteiger partial charge on any atom is -0.394 e. The molecule has 6 rings (SSSR count). The Bertz CT molecular complexity index is 1720. The third-order valence-corrected chi connectivity index (χ3v) is 8.60. The molecule has 8 N–H and O–H groups in total. The maximum Gasteiger partial charge on any atom is 0.325 e. The van der Waals surface area contributed by atoms with Gasteiger partial charge in [0.1, 0.15) is 18.5 Å². The second-order valence-corrected chi connectivity index (χ2v) is 12.5. The average molecular weight is 629 g/mol. The third-order valence-electron chi connectivity index (χ3n) is 7.01. The number of nitrogens with zero attached hydrogens (tertiary/aromatic N) is 7. The van der Waals surface area contributed by atoms with Crippen LogP contribution < -0.4 is 17.0 Å². The van der Waals surface area contributed by atoms with Crippen molar-refractivity contribution in [2.45, 2.75) is 55.8 Å². The first-order valence-corrected chi connectivity index (χ1v) is 15.2. The molecule has 4 aromatic heterocycles. The van der Waals surface area contributed by atoms with Gasteiger partial charge in [-0.05, 0) is 11.8 Å². The van der Waals surface area contributed by atoms with Crippen LogP contribution in [0.5, 0.6) is 0 Å². The zero-order chi connectivity index (χ0) is 29.8. The lowest BCUT2D eigenvalue weighted by atomic mass is 10.1. The number of nitrogen functional groups attached to an aromatic ring is 2. The first-order chi connectivity index (χ1) is 20.1. The number of hydrogen-bond donors (Lipinski definition) is 6. The van der Waals surface area contributed by atoms with E-state index in [1.165, 1.54) is 27.9 Å². The van der Waals surface area contributed by atoms with Crippen molar-refractivity contribution in [3.05, 3.63) is 34.8 Å². The molecule has 0 spiro atoms. The largest absolute Gasteiger partial charge is 0.394 e. The van der Waals surface area contributed by atoms with Gasteiger partial charge in [-0.2, -0.15) is 14.6 Å². The number of fused-ring (bicyclic) bond motifs is 2. The number of aromatic nitrogens is 8. The molecule has 2 aliphatic rings. The number of alkyl halides is 1. The minimum atomic E-state index is -4.11. The topological polar surface area (TPSA) is 256 Å². The fourth-order valence-electron chi connectivity index (χ4n) is 5.04. The van der Waals surface area contributed by atoms with E-state index in [2.05, 4.69) is 30.0 Å². The van der Waals surface area contributed by atoms with Gasteiger partial charge < -0.3 is 40.6 Å². The van der Waals surface area contributed by atoms with Gasteiger partial charge in [0.25, 0.3) is 5.56 Å². The summed E-state index contributed by atoms with van der Waals surface area (Å²) in [7, 11) is 0. The summed E-state index contributed by atoms with van der Waals surface area (Å²) in [6.45, 7) is -5.02. The SMILES string of the molecule is Nc1nc2c(ncn2[C@@H]2O[C@H](CO)[C@@H](F)[C@H]2OP(O)(=S)OCC[C@H]2O[C@@H](c3cnn4c(N)ncnc34)C[C@@H]2O)c(=O)[nH]1. The van der Waals surface area contributed by atoms with Gasteiger partial charge in [-0.25, -0.2) is 19.3 Å². The Kier molecular flexibility index (Phi) is 7.66. The van der Waals surface area contributed by atoms with Gasteiger partial charge in [-0.1, -0.05) is 0 Å². The number of nitrogens with one attached hydrogen (secondary N) is 1. The highest BCUT2D eigenvalue weighted by molar-refractivity contribution is 8.07. The van der Waals surface area contributed by atoms with E-state index in [1.54, 1.807) is 0 Å². The molecule has 6 heterocycles. The molecule has 2 saturated heterocycles. The molecule has 2 aliphatic heterocycles. The Morgan fingerprint density at radius 1 is 1.24 bits per heavy atom. The van der Waals surface area contributed by atoms with Crippen LogP contribution >= 0.6 is 6.72 Å². The van der Waals surface area contributed by atoms with Crippen molar-refractivity contribution in [1.82, 2.24) is 39.1 Å². The number of ether oxygens (including phenoxy) is 2. The van der Waals surface area contributed by atoms with Crippen molar-refractivity contribution in [1.29, 1.82) is 0 Å². The number of anilines is 2. The molecule has 8 atom stereocenters. The van der Waals surface area contributed by atoms with Gasteiger partial charge in [-0.15, -0.1) is 0 Å². The molecule has 42 heavy (non-hydrogen) atoms. The number of rotatable bonds is 9. The number of halogens is 1. The summed E-state index contributed by atoms with van der Waals surface area (Å²) in [5.74, 6) is -0.0668. The van der Waals surface area contributed by atoms with Crippen molar-refractivity contribution >= 4 is 47.2 Å². The second kappa shape index (κ2) is 11.1. The van der Waals surface area contributed by atoms with E-state index in [-0.39, 0.29) is 42.5 Å². The van der Waals surface area contributed by atoms with E-state index in [1.807, 2.05) is 0 Å². The standard InChI is InChI=1S/C21H26FN10O8PS/c22-13-12(5-33)39-19(31-7-27-14-17(31)29-20(23)30-18(14)35)15(13)40-41(36,42)37-2-1-10-9(34)3-11(38-10)8-4-28-32-16(8)25-6-26-21(32)24/h4,6-7,9-13,15,19,33-34H,1-3,5H2,(H,36,42)(H2,24,25,26)(H3,23,29,30,35)/t9-,10+,11+,12+,13+,15+,19+,41?/m0/s1. The van der Waals surface area contributed by atoms with E-state index in [0.717, 1.165) is 0 Å². The van der Waals surface area contributed by atoms with E-state index < -0.39 is 61.8 Å². The van der Waals surface area contributed by atoms with Crippen molar-refractivity contribution in [3.63, 3.8) is 0 Å². The zero-order valence-corrected chi connectivity index (χ0v) is 23.2. The number of H-pyrrole nitrogens is 1. The normalized spacial score (nSPS) is 29.5. The second-order valence-electron chi connectivity index (χ2n) is 9.66. The Morgan fingerprint density at radius 2 is 2.05 bits per heavy atom. The molecule has 21 heteroatoms. The third kappa shape index (κ3) is 5.25. The van der Waals surface area contributed by atoms with Crippen LogP contribution in [-0.2, 0) is 30.3 Å². The smallest absolute Gasteiger partial charge is 0.325 e. The van der Waals surface area contributed by atoms with Crippen LogP contribution in [-0.4, -0.2) is 98.0 Å². The molecule has 0 saturated carbocycles. The van der Waals surface area contributed by atoms with Gasteiger partial charge in [0, 0.05) is 18.4 Å². The Hall–Kier alpha value is -3.20. The van der Waals surface area contributed by atoms with Crippen LogP contribution in [0.1, 0.15) is 30.7 Å². The Labute approximate surface area is 239 Å². The summed E-state index contributed by atoms with van der Waals surface area (Å²) in [6.07, 6.45) is -3.95. The highest BCUT2D eigenvalue weighted by atomic mass is 32.5. The maximum absolute atomic E-state index is 15.3. The van der Waals surface area contributed by atoms with Crippen LogP contribution in [0.4, 0.5) is 16.3 Å². The van der Waals surface area contributed by atoms with E-state index in [4.69, 9.17) is 41.8 Å². The lowest BCUT2D eigenvalue weighted by molar-refractivity contribution is -0.0482. The van der Waals surface area contributed by atoms with Crippen LogP contribution in [0.3, 0.4) is 0 Å². The lowest BCUT2D eigenvalue weighted by Gasteiger charge is -2.25. The molecular formula is C21H26FN10O8PS. The summed E-state index contributed by atoms with van der Waals surface area (Å²) >= 11 is 5.13. The summed E-state index contributed by atoms with van der Waals surface area (Å²) < 4.78 is 40.4. The molecule has 1 unspecified atom stereocenters. The van der Waals surface area contributed by atoms with Crippen LogP contribution in [0.2, 0.25) is 0 Å². The summed E-state index contributed by atoms with van der Waals surface area (Å²) in [5.41, 5.74) is 11.8. The van der Waals surface area contributed by atoms with Crippen LogP contribution in [0.25, 0.3) is 16.8 Å². The van der Waals surface area contributed by atoms with Crippen molar-refractivity contribution < 1.29 is 38.0 Å². The Morgan fingerprint density at radius 3 is 2.83 bits per heavy atom. The predicted molar refractivity (Wildman–Crippen MR) is 144 cm³/mol. The first-order valence-electron chi connectivity index (χ1n) is 12.6. The minimum absolute atomic E-state index is 0.0323. The quantitative estimate of drug-likeness (QED) is 0.120. The van der Waals surface area contributed by atoms with Crippen molar-refractivity contribution in [2.24, 2.45) is 0 Å². The average Bonchev–Trinajstić information content (AvgIpc) is 3.70. The molecule has 0 aromatic carbocycles. The van der Waals surface area contributed by atoms with Gasteiger partial charge in [0.05, 0.1) is 44.0 Å². The van der Waals surface area contributed by atoms with Crippen molar-refractivity contribution in [3.8, 4) is 0 Å². The predicted octanol–water partition coefficient (Wildman–Crippen LogP) is -1.15. The zero-order valence-electron chi connectivity index (χ0n) is 21.5. The van der Waals surface area contributed by atoms with Gasteiger partial charge in [0.15, 0.2) is 29.2 Å². The molecule has 4 aromatic rings. The monoisotopic (exact) mass is 628 g/mol. The van der Waals surface area contributed by atoms with Crippen LogP contribution in [0, 0.1) is 0 Å². The number of aliphatic hydroxyl groups excluding tert-OH is 2. The molecular weight excluding hydrogens is 602 g/mol. The fourth-order valence-corrected chi connectivity index (χ4v) is 6.49. The van der Waals surface area contributed by atoms with Crippen molar-refractivity contribution in [2.75, 3.05) is 24.7 Å².